The Labute approximate surface area is 122 Å². The van der Waals surface area contributed by atoms with Gasteiger partial charge in [0.1, 0.15) is 18.8 Å². The lowest BCUT2D eigenvalue weighted by atomic mass is 10.1. The normalized spacial score (nSPS) is 12.4. The number of ether oxygens (including phenoxy) is 1. The first kappa shape index (κ1) is 14.6. The smallest absolute Gasteiger partial charge is 0.118 e. The standard InChI is InChI=1S/C18H23NO/c1-15(2)19(13-16-7-5-4-6-8-16)14-17-9-11-18(20-3)12-10-17/h4-12,15H,13-14H2,1-3H3/p+1. The van der Waals surface area contributed by atoms with Crippen molar-refractivity contribution in [2.45, 2.75) is 33.0 Å². The highest BCUT2D eigenvalue weighted by molar-refractivity contribution is 5.26. The van der Waals surface area contributed by atoms with Crippen LogP contribution in [0.5, 0.6) is 5.75 Å². The zero-order valence-corrected chi connectivity index (χ0v) is 12.6. The second-order valence-electron chi connectivity index (χ2n) is 5.50. The van der Waals surface area contributed by atoms with Crippen molar-refractivity contribution in [1.29, 1.82) is 0 Å². The van der Waals surface area contributed by atoms with E-state index in [-0.39, 0.29) is 0 Å². The quantitative estimate of drug-likeness (QED) is 0.852. The van der Waals surface area contributed by atoms with E-state index in [1.165, 1.54) is 11.1 Å². The second kappa shape index (κ2) is 7.11. The van der Waals surface area contributed by atoms with E-state index in [1.807, 2.05) is 12.1 Å². The molecule has 0 aliphatic heterocycles. The van der Waals surface area contributed by atoms with Gasteiger partial charge in [-0.3, -0.25) is 0 Å². The highest BCUT2D eigenvalue weighted by Gasteiger charge is 2.14. The molecule has 106 valence electrons. The number of rotatable bonds is 6. The minimum absolute atomic E-state index is 0.595. The molecule has 1 atom stereocenters. The van der Waals surface area contributed by atoms with Gasteiger partial charge >= 0.3 is 0 Å². The first-order valence-electron chi connectivity index (χ1n) is 7.20. The largest absolute Gasteiger partial charge is 0.497 e. The average Bonchev–Trinajstić information content (AvgIpc) is 2.48. The topological polar surface area (TPSA) is 13.7 Å². The molecule has 0 saturated heterocycles. The summed E-state index contributed by atoms with van der Waals surface area (Å²) in [6.07, 6.45) is 0. The van der Waals surface area contributed by atoms with E-state index in [1.54, 1.807) is 12.0 Å². The molecule has 20 heavy (non-hydrogen) atoms. The molecule has 0 aromatic heterocycles. The lowest BCUT2D eigenvalue weighted by molar-refractivity contribution is -0.948. The van der Waals surface area contributed by atoms with Crippen LogP contribution >= 0.6 is 0 Å². The predicted molar refractivity (Wildman–Crippen MR) is 82.9 cm³/mol. The monoisotopic (exact) mass is 270 g/mol. The van der Waals surface area contributed by atoms with E-state index in [9.17, 15) is 0 Å². The van der Waals surface area contributed by atoms with Crippen molar-refractivity contribution in [3.8, 4) is 5.75 Å². The summed E-state index contributed by atoms with van der Waals surface area (Å²) in [6, 6.07) is 19.7. The molecule has 0 spiro atoms. The van der Waals surface area contributed by atoms with Crippen LogP contribution in [-0.4, -0.2) is 13.2 Å². The Kier molecular flexibility index (Phi) is 5.19. The minimum atomic E-state index is 0.595. The summed E-state index contributed by atoms with van der Waals surface area (Å²) in [5, 5.41) is 0. The van der Waals surface area contributed by atoms with E-state index in [0.717, 1.165) is 18.8 Å². The third-order valence-corrected chi connectivity index (χ3v) is 3.68. The number of hydrogen-bond acceptors (Lipinski definition) is 1. The van der Waals surface area contributed by atoms with Crippen LogP contribution in [0.3, 0.4) is 0 Å². The van der Waals surface area contributed by atoms with E-state index in [2.05, 4.69) is 56.3 Å². The Balaban J connectivity index is 2.05. The van der Waals surface area contributed by atoms with Gasteiger partial charge in [0, 0.05) is 11.1 Å². The zero-order chi connectivity index (χ0) is 14.4. The first-order chi connectivity index (χ1) is 9.69. The third kappa shape index (κ3) is 4.10. The summed E-state index contributed by atoms with van der Waals surface area (Å²) < 4.78 is 5.21. The summed E-state index contributed by atoms with van der Waals surface area (Å²) >= 11 is 0. The number of benzene rings is 2. The van der Waals surface area contributed by atoms with Crippen LogP contribution < -0.4 is 9.64 Å². The molecule has 2 rings (SSSR count). The number of hydrogen-bond donors (Lipinski definition) is 1. The van der Waals surface area contributed by atoms with E-state index in [0.29, 0.717) is 6.04 Å². The molecule has 0 saturated carbocycles. The van der Waals surface area contributed by atoms with Gasteiger partial charge in [-0.1, -0.05) is 30.3 Å². The first-order valence-corrected chi connectivity index (χ1v) is 7.20. The molecule has 2 aromatic carbocycles. The van der Waals surface area contributed by atoms with Gasteiger partial charge in [0.2, 0.25) is 0 Å². The molecule has 0 heterocycles. The van der Waals surface area contributed by atoms with Crippen LogP contribution in [0.15, 0.2) is 54.6 Å². The van der Waals surface area contributed by atoms with E-state index in [4.69, 9.17) is 4.74 Å². The van der Waals surface area contributed by atoms with Crippen molar-refractivity contribution in [2.75, 3.05) is 7.11 Å². The summed E-state index contributed by atoms with van der Waals surface area (Å²) in [4.78, 5) is 1.57. The number of nitrogens with one attached hydrogen (secondary N) is 1. The maximum atomic E-state index is 5.21. The van der Waals surface area contributed by atoms with Gasteiger partial charge < -0.3 is 9.64 Å². The Morgan fingerprint density at radius 1 is 0.850 bits per heavy atom. The Morgan fingerprint density at radius 2 is 1.40 bits per heavy atom. The number of quaternary nitrogens is 1. The predicted octanol–water partition coefficient (Wildman–Crippen LogP) is 2.69. The van der Waals surface area contributed by atoms with Crippen LogP contribution in [0.2, 0.25) is 0 Å². The highest BCUT2D eigenvalue weighted by Crippen LogP contribution is 2.10. The third-order valence-electron chi connectivity index (χ3n) is 3.68. The van der Waals surface area contributed by atoms with Gasteiger partial charge in [0.25, 0.3) is 0 Å². The van der Waals surface area contributed by atoms with Gasteiger partial charge in [-0.05, 0) is 38.1 Å². The van der Waals surface area contributed by atoms with Crippen molar-refractivity contribution in [3.63, 3.8) is 0 Å². The van der Waals surface area contributed by atoms with Crippen molar-refractivity contribution in [2.24, 2.45) is 0 Å². The van der Waals surface area contributed by atoms with Crippen molar-refractivity contribution >= 4 is 0 Å². The molecule has 0 amide bonds. The molecular formula is C18H24NO+. The van der Waals surface area contributed by atoms with Crippen LogP contribution in [0.25, 0.3) is 0 Å². The van der Waals surface area contributed by atoms with E-state index < -0.39 is 0 Å². The van der Waals surface area contributed by atoms with Crippen LogP contribution in [0.4, 0.5) is 0 Å². The maximum absolute atomic E-state index is 5.21. The van der Waals surface area contributed by atoms with Gasteiger partial charge in [-0.15, -0.1) is 0 Å². The molecule has 0 fully saturated rings. The van der Waals surface area contributed by atoms with Gasteiger partial charge in [0.05, 0.1) is 13.2 Å². The second-order valence-corrected chi connectivity index (χ2v) is 5.50. The summed E-state index contributed by atoms with van der Waals surface area (Å²) in [5.41, 5.74) is 2.75. The highest BCUT2D eigenvalue weighted by atomic mass is 16.5. The zero-order valence-electron chi connectivity index (χ0n) is 12.6. The SMILES string of the molecule is COc1ccc(C[NH+](Cc2ccccc2)C(C)C)cc1. The number of methoxy groups -OCH3 is 1. The summed E-state index contributed by atoms with van der Waals surface area (Å²) in [5.74, 6) is 0.919. The molecule has 0 aliphatic rings. The fraction of sp³-hybridized carbons (Fsp3) is 0.333. The van der Waals surface area contributed by atoms with Gasteiger partial charge in [0.15, 0.2) is 0 Å². The molecule has 0 bridgehead atoms. The Bertz CT molecular complexity index is 505. The van der Waals surface area contributed by atoms with Crippen LogP contribution in [0.1, 0.15) is 25.0 Å². The van der Waals surface area contributed by atoms with Crippen molar-refractivity contribution in [3.05, 3.63) is 65.7 Å². The molecule has 1 N–H and O–H groups in total. The molecule has 2 aromatic rings. The lowest BCUT2D eigenvalue weighted by Crippen LogP contribution is -3.12. The van der Waals surface area contributed by atoms with Crippen LogP contribution in [-0.2, 0) is 13.1 Å². The maximum Gasteiger partial charge on any atom is 0.118 e. The Hall–Kier alpha value is -1.80. The van der Waals surface area contributed by atoms with Gasteiger partial charge in [-0.2, -0.15) is 0 Å². The lowest BCUT2D eigenvalue weighted by Gasteiger charge is -2.23. The fourth-order valence-corrected chi connectivity index (χ4v) is 2.33. The Morgan fingerprint density at radius 3 is 1.90 bits per heavy atom. The van der Waals surface area contributed by atoms with Crippen molar-refractivity contribution < 1.29 is 9.64 Å². The molecular weight excluding hydrogens is 246 g/mol. The molecule has 2 heteroatoms. The molecule has 2 nitrogen and oxygen atoms in total. The van der Waals surface area contributed by atoms with Crippen LogP contribution in [0, 0.1) is 0 Å². The summed E-state index contributed by atoms with van der Waals surface area (Å²) in [6.45, 7) is 6.66. The average molecular weight is 270 g/mol. The van der Waals surface area contributed by atoms with Crippen molar-refractivity contribution in [1.82, 2.24) is 0 Å². The molecule has 0 aliphatic carbocycles. The van der Waals surface area contributed by atoms with E-state index >= 15 is 0 Å². The fourth-order valence-electron chi connectivity index (χ4n) is 2.33. The van der Waals surface area contributed by atoms with Gasteiger partial charge in [-0.25, -0.2) is 0 Å². The minimum Gasteiger partial charge on any atom is -0.497 e. The molecule has 0 radical (unpaired) electrons. The molecule has 1 unspecified atom stereocenters. The summed E-state index contributed by atoms with van der Waals surface area (Å²) in [7, 11) is 1.70.